The molecule has 2 nitrogen and oxygen atoms in total. The molecule has 0 aliphatic heterocycles. The molecule has 0 radical (unpaired) electrons. The van der Waals surface area contributed by atoms with Crippen LogP contribution in [0.25, 0.3) is 0 Å². The molecule has 0 saturated heterocycles. The monoisotopic (exact) mass is 280 g/mol. The van der Waals surface area contributed by atoms with Gasteiger partial charge in [-0.15, -0.1) is 0 Å². The van der Waals surface area contributed by atoms with E-state index < -0.39 is 0 Å². The Morgan fingerprint density at radius 2 is 1.95 bits per heavy atom. The summed E-state index contributed by atoms with van der Waals surface area (Å²) in [7, 11) is 1.70. The number of methoxy groups -OCH3 is 1. The number of hydrogen-bond donors (Lipinski definition) is 1. The van der Waals surface area contributed by atoms with Gasteiger partial charge < -0.3 is 22.5 Å². The fourth-order valence-electron chi connectivity index (χ4n) is 2.36. The van der Waals surface area contributed by atoms with E-state index >= 15 is 0 Å². The molecule has 0 bridgehead atoms. The van der Waals surface area contributed by atoms with Crippen molar-refractivity contribution in [1.82, 2.24) is 5.32 Å². The van der Waals surface area contributed by atoms with E-state index in [1.807, 2.05) is 12.1 Å². The summed E-state index contributed by atoms with van der Waals surface area (Å²) in [5, 5.41) is 3.50. The number of rotatable bonds is 6. The number of ether oxygens (including phenoxy) is 1. The molecule has 0 heterocycles. The van der Waals surface area contributed by atoms with Gasteiger partial charge in [0.2, 0.25) is 0 Å². The molecule has 3 heteroatoms. The highest BCUT2D eigenvalue weighted by molar-refractivity contribution is 5.27. The molecule has 0 saturated carbocycles. The smallest absolute Gasteiger partial charge is 0.118 e. The lowest BCUT2D eigenvalue weighted by Crippen LogP contribution is -3.00. The highest BCUT2D eigenvalue weighted by Gasteiger charge is 2.02. The van der Waals surface area contributed by atoms with Crippen molar-refractivity contribution in [2.24, 2.45) is 0 Å². The van der Waals surface area contributed by atoms with Crippen molar-refractivity contribution in [2.75, 3.05) is 13.7 Å². The Morgan fingerprint density at radius 3 is 2.58 bits per heavy atom. The molecule has 0 unspecified atom stereocenters. The SMILES string of the molecule is COc1ccc(CNCCC2=CCCCC2)cc1.[Cl-]. The molecule has 1 aliphatic rings. The van der Waals surface area contributed by atoms with Gasteiger partial charge in [-0.1, -0.05) is 23.8 Å². The molecule has 0 aromatic heterocycles. The van der Waals surface area contributed by atoms with Crippen molar-refractivity contribution in [3.63, 3.8) is 0 Å². The fraction of sp³-hybridized carbons (Fsp3) is 0.500. The van der Waals surface area contributed by atoms with Crippen LogP contribution in [0.1, 0.15) is 37.7 Å². The Kier molecular flexibility index (Phi) is 7.61. The molecule has 0 amide bonds. The summed E-state index contributed by atoms with van der Waals surface area (Å²) in [4.78, 5) is 0. The van der Waals surface area contributed by atoms with Gasteiger partial charge >= 0.3 is 0 Å². The van der Waals surface area contributed by atoms with Crippen molar-refractivity contribution in [1.29, 1.82) is 0 Å². The van der Waals surface area contributed by atoms with Gasteiger partial charge in [0.25, 0.3) is 0 Å². The maximum Gasteiger partial charge on any atom is 0.118 e. The standard InChI is InChI=1S/C16H23NO.ClH/c1-18-16-9-7-15(8-10-16)13-17-12-11-14-5-3-2-4-6-14;/h5,7-10,17H,2-4,6,11-13H2,1H3;1H/p-1. The number of allylic oxidation sites excluding steroid dienone is 1. The van der Waals surface area contributed by atoms with E-state index in [1.54, 1.807) is 12.7 Å². The summed E-state index contributed by atoms with van der Waals surface area (Å²) >= 11 is 0. The van der Waals surface area contributed by atoms with Crippen molar-refractivity contribution in [3.05, 3.63) is 41.5 Å². The van der Waals surface area contributed by atoms with E-state index in [2.05, 4.69) is 23.5 Å². The van der Waals surface area contributed by atoms with Crippen molar-refractivity contribution < 1.29 is 17.1 Å². The summed E-state index contributed by atoms with van der Waals surface area (Å²) in [5.74, 6) is 0.922. The first-order chi connectivity index (χ1) is 8.88. The molecular weight excluding hydrogens is 258 g/mol. The van der Waals surface area contributed by atoms with Crippen LogP contribution in [0.3, 0.4) is 0 Å². The molecule has 0 atom stereocenters. The van der Waals surface area contributed by atoms with Gasteiger partial charge in [0.1, 0.15) is 5.75 Å². The van der Waals surface area contributed by atoms with Crippen LogP contribution in [0.5, 0.6) is 5.75 Å². The Balaban J connectivity index is 0.00000180. The molecular formula is C16H23ClNO-. The van der Waals surface area contributed by atoms with E-state index in [0.29, 0.717) is 0 Å². The van der Waals surface area contributed by atoms with Crippen LogP contribution < -0.4 is 22.5 Å². The first-order valence-corrected chi connectivity index (χ1v) is 6.90. The third kappa shape index (κ3) is 5.66. The van der Waals surface area contributed by atoms with Crippen molar-refractivity contribution >= 4 is 0 Å². The maximum absolute atomic E-state index is 5.15. The summed E-state index contributed by atoms with van der Waals surface area (Å²) in [6, 6.07) is 8.26. The zero-order chi connectivity index (χ0) is 12.6. The lowest BCUT2D eigenvalue weighted by Gasteiger charge is -2.13. The normalized spacial score (nSPS) is 14.5. The highest BCUT2D eigenvalue weighted by Crippen LogP contribution is 2.19. The molecule has 1 N–H and O–H groups in total. The molecule has 0 fully saturated rings. The Bertz CT molecular complexity index is 386. The molecule has 1 aromatic rings. The Morgan fingerprint density at radius 1 is 1.16 bits per heavy atom. The van der Waals surface area contributed by atoms with Crippen molar-refractivity contribution in [3.8, 4) is 5.75 Å². The topological polar surface area (TPSA) is 21.3 Å². The average molecular weight is 281 g/mol. The summed E-state index contributed by atoms with van der Waals surface area (Å²) in [6.45, 7) is 2.02. The molecule has 19 heavy (non-hydrogen) atoms. The van der Waals surface area contributed by atoms with E-state index in [0.717, 1.165) is 18.8 Å². The van der Waals surface area contributed by atoms with E-state index in [9.17, 15) is 0 Å². The Labute approximate surface area is 122 Å². The second kappa shape index (κ2) is 9.00. The predicted molar refractivity (Wildman–Crippen MR) is 75.9 cm³/mol. The molecule has 2 rings (SSSR count). The van der Waals surface area contributed by atoms with Crippen molar-refractivity contribution in [2.45, 2.75) is 38.6 Å². The zero-order valence-corrected chi connectivity index (χ0v) is 12.4. The van der Waals surface area contributed by atoms with Gasteiger partial charge in [0.15, 0.2) is 0 Å². The lowest BCUT2D eigenvalue weighted by molar-refractivity contribution is -0.00000409. The van der Waals surface area contributed by atoms with Crippen LogP contribution in [-0.2, 0) is 6.54 Å². The van der Waals surface area contributed by atoms with Gasteiger partial charge in [0.05, 0.1) is 7.11 Å². The van der Waals surface area contributed by atoms with Crippen LogP contribution >= 0.6 is 0 Å². The van der Waals surface area contributed by atoms with Gasteiger partial charge in [-0.2, -0.15) is 0 Å². The van der Waals surface area contributed by atoms with Gasteiger partial charge in [-0.3, -0.25) is 0 Å². The van der Waals surface area contributed by atoms with Crippen LogP contribution in [0.15, 0.2) is 35.9 Å². The molecule has 1 aromatic carbocycles. The van der Waals surface area contributed by atoms with Crippen LogP contribution in [0.2, 0.25) is 0 Å². The summed E-state index contributed by atoms with van der Waals surface area (Å²) < 4.78 is 5.15. The first-order valence-electron chi connectivity index (χ1n) is 6.90. The third-order valence-electron chi connectivity index (χ3n) is 3.50. The maximum atomic E-state index is 5.15. The second-order valence-corrected chi connectivity index (χ2v) is 4.88. The number of nitrogens with one attached hydrogen (secondary N) is 1. The minimum atomic E-state index is 0. The second-order valence-electron chi connectivity index (χ2n) is 4.88. The van der Waals surface area contributed by atoms with E-state index in [-0.39, 0.29) is 12.4 Å². The highest BCUT2D eigenvalue weighted by atomic mass is 35.5. The fourth-order valence-corrected chi connectivity index (χ4v) is 2.36. The van der Waals surface area contributed by atoms with Gasteiger partial charge in [0, 0.05) is 6.54 Å². The quantitative estimate of drug-likeness (QED) is 0.611. The first kappa shape index (κ1) is 16.1. The summed E-state index contributed by atoms with van der Waals surface area (Å²) in [5.41, 5.74) is 2.96. The minimum Gasteiger partial charge on any atom is -1.00 e. The van der Waals surface area contributed by atoms with Crippen LogP contribution in [0.4, 0.5) is 0 Å². The Hall–Kier alpha value is -0.990. The molecule has 106 valence electrons. The lowest BCUT2D eigenvalue weighted by atomic mass is 9.97. The zero-order valence-electron chi connectivity index (χ0n) is 11.6. The van der Waals surface area contributed by atoms with E-state index in [1.165, 1.54) is 37.7 Å². The minimum absolute atomic E-state index is 0. The number of benzene rings is 1. The van der Waals surface area contributed by atoms with Gasteiger partial charge in [-0.05, 0) is 56.3 Å². The van der Waals surface area contributed by atoms with Crippen LogP contribution in [0, 0.1) is 0 Å². The molecule has 1 aliphatic carbocycles. The number of hydrogen-bond acceptors (Lipinski definition) is 2. The van der Waals surface area contributed by atoms with Crippen LogP contribution in [-0.4, -0.2) is 13.7 Å². The largest absolute Gasteiger partial charge is 1.00 e. The summed E-state index contributed by atoms with van der Waals surface area (Å²) in [6.07, 6.45) is 8.99. The number of halogens is 1. The third-order valence-corrected chi connectivity index (χ3v) is 3.50. The molecule has 0 spiro atoms. The van der Waals surface area contributed by atoms with Gasteiger partial charge in [-0.25, -0.2) is 0 Å². The average Bonchev–Trinajstić information content (AvgIpc) is 2.45. The van der Waals surface area contributed by atoms with E-state index in [4.69, 9.17) is 4.74 Å². The predicted octanol–water partition coefficient (Wildman–Crippen LogP) is 0.679.